The summed E-state index contributed by atoms with van der Waals surface area (Å²) in [4.78, 5) is 23.0. The maximum atomic E-state index is 11.6. The highest BCUT2D eigenvalue weighted by molar-refractivity contribution is 6.24. The number of carbonyl (C=O) groups is 2. The Bertz CT molecular complexity index is 469. The molecule has 1 aromatic rings. The lowest BCUT2D eigenvalue weighted by Gasteiger charge is -2.11. The fourth-order valence-corrected chi connectivity index (χ4v) is 1.49. The van der Waals surface area contributed by atoms with Crippen LogP contribution in [0.5, 0.6) is 5.75 Å². The number of phenols is 1. The van der Waals surface area contributed by atoms with Gasteiger partial charge in [-0.15, -0.1) is 0 Å². The van der Waals surface area contributed by atoms with Gasteiger partial charge in [-0.3, -0.25) is 9.59 Å². The van der Waals surface area contributed by atoms with Crippen molar-refractivity contribution >= 4 is 11.6 Å². The normalized spacial score (nSPS) is 15.1. The van der Waals surface area contributed by atoms with Gasteiger partial charge in [-0.25, -0.2) is 0 Å². The van der Waals surface area contributed by atoms with Crippen molar-refractivity contribution in [2.24, 2.45) is 0 Å². The number of ketones is 2. The second-order valence-corrected chi connectivity index (χ2v) is 3.25. The minimum atomic E-state index is -0.229. The van der Waals surface area contributed by atoms with Crippen molar-refractivity contribution in [2.45, 2.75) is 6.92 Å². The number of allylic oxidation sites excluding steroid dienone is 2. The van der Waals surface area contributed by atoms with Crippen LogP contribution >= 0.6 is 0 Å². The summed E-state index contributed by atoms with van der Waals surface area (Å²) in [5, 5.41) is 9.17. The SMILES string of the molecule is CC1=CC(=O)c2cc(O)ccc2C1=O. The lowest BCUT2D eigenvalue weighted by atomic mass is 9.90. The second-order valence-electron chi connectivity index (χ2n) is 3.25. The van der Waals surface area contributed by atoms with E-state index >= 15 is 0 Å². The lowest BCUT2D eigenvalue weighted by molar-refractivity contribution is 0.0984. The van der Waals surface area contributed by atoms with Crippen molar-refractivity contribution in [2.75, 3.05) is 0 Å². The van der Waals surface area contributed by atoms with Gasteiger partial charge in [-0.2, -0.15) is 0 Å². The van der Waals surface area contributed by atoms with Crippen molar-refractivity contribution in [3.05, 3.63) is 41.0 Å². The molecule has 1 aliphatic carbocycles. The third kappa shape index (κ3) is 1.14. The highest BCUT2D eigenvalue weighted by Gasteiger charge is 2.22. The van der Waals surface area contributed by atoms with Crippen LogP contribution in [0.25, 0.3) is 0 Å². The van der Waals surface area contributed by atoms with Crippen LogP contribution in [0.3, 0.4) is 0 Å². The van der Waals surface area contributed by atoms with E-state index < -0.39 is 0 Å². The third-order valence-corrected chi connectivity index (χ3v) is 2.22. The summed E-state index contributed by atoms with van der Waals surface area (Å²) < 4.78 is 0. The van der Waals surface area contributed by atoms with Crippen LogP contribution in [0.4, 0.5) is 0 Å². The van der Waals surface area contributed by atoms with E-state index in [2.05, 4.69) is 0 Å². The number of aromatic hydroxyl groups is 1. The third-order valence-electron chi connectivity index (χ3n) is 2.22. The highest BCUT2D eigenvalue weighted by Crippen LogP contribution is 2.24. The average molecular weight is 188 g/mol. The molecule has 70 valence electrons. The average Bonchev–Trinajstić information content (AvgIpc) is 2.14. The van der Waals surface area contributed by atoms with Crippen LogP contribution in [-0.4, -0.2) is 16.7 Å². The van der Waals surface area contributed by atoms with E-state index in [4.69, 9.17) is 0 Å². The largest absolute Gasteiger partial charge is 0.508 e. The minimum absolute atomic E-state index is 0.00199. The Balaban J connectivity index is 2.69. The van der Waals surface area contributed by atoms with Gasteiger partial charge in [-0.1, -0.05) is 0 Å². The molecule has 0 aromatic heterocycles. The Morgan fingerprint density at radius 2 is 1.86 bits per heavy atom. The molecule has 3 heteroatoms. The number of hydrogen-bond donors (Lipinski definition) is 1. The van der Waals surface area contributed by atoms with Crippen molar-refractivity contribution in [3.8, 4) is 5.75 Å². The smallest absolute Gasteiger partial charge is 0.189 e. The molecule has 0 saturated carbocycles. The number of hydrogen-bond acceptors (Lipinski definition) is 3. The zero-order valence-electron chi connectivity index (χ0n) is 7.57. The van der Waals surface area contributed by atoms with E-state index in [0.29, 0.717) is 11.1 Å². The topological polar surface area (TPSA) is 54.4 Å². The number of rotatable bonds is 0. The van der Waals surface area contributed by atoms with Gasteiger partial charge in [0.25, 0.3) is 0 Å². The van der Waals surface area contributed by atoms with Crippen LogP contribution < -0.4 is 0 Å². The molecule has 0 fully saturated rings. The Morgan fingerprint density at radius 3 is 2.57 bits per heavy atom. The Labute approximate surface area is 80.7 Å². The molecule has 0 heterocycles. The number of Topliss-reactive ketones (excluding diaryl/α,β-unsaturated/α-hetero) is 1. The van der Waals surface area contributed by atoms with Crippen LogP contribution in [0.2, 0.25) is 0 Å². The number of carbonyl (C=O) groups excluding carboxylic acids is 2. The minimum Gasteiger partial charge on any atom is -0.508 e. The summed E-state index contributed by atoms with van der Waals surface area (Å²) >= 11 is 0. The fourth-order valence-electron chi connectivity index (χ4n) is 1.49. The van der Waals surface area contributed by atoms with E-state index in [9.17, 15) is 14.7 Å². The summed E-state index contributed by atoms with van der Waals surface area (Å²) in [5.74, 6) is -0.384. The molecule has 0 saturated heterocycles. The first-order valence-corrected chi connectivity index (χ1v) is 4.20. The summed E-state index contributed by atoms with van der Waals surface area (Å²) in [5.41, 5.74) is 1.08. The molecule has 1 aromatic carbocycles. The zero-order chi connectivity index (χ0) is 10.3. The van der Waals surface area contributed by atoms with E-state index in [1.165, 1.54) is 24.3 Å². The van der Waals surface area contributed by atoms with Gasteiger partial charge in [0.2, 0.25) is 0 Å². The summed E-state index contributed by atoms with van der Waals surface area (Å²) in [6, 6.07) is 4.20. The molecule has 0 bridgehead atoms. The Morgan fingerprint density at radius 1 is 1.14 bits per heavy atom. The first-order chi connectivity index (χ1) is 6.59. The van der Waals surface area contributed by atoms with E-state index in [-0.39, 0.29) is 22.9 Å². The van der Waals surface area contributed by atoms with Crippen LogP contribution in [0.15, 0.2) is 29.8 Å². The lowest BCUT2D eigenvalue weighted by Crippen LogP contribution is -2.15. The first kappa shape index (κ1) is 8.69. The van der Waals surface area contributed by atoms with Crippen molar-refractivity contribution in [3.63, 3.8) is 0 Å². The number of phenolic OH excluding ortho intramolecular Hbond substituents is 1. The standard InChI is InChI=1S/C11H8O3/c1-6-4-10(13)9-5-7(12)2-3-8(9)11(6)14/h2-5,12H,1H3. The monoisotopic (exact) mass is 188 g/mol. The van der Waals surface area contributed by atoms with Gasteiger partial charge in [0, 0.05) is 16.7 Å². The fraction of sp³-hybridized carbons (Fsp3) is 0.0909. The number of fused-ring (bicyclic) bond motifs is 1. The van der Waals surface area contributed by atoms with Gasteiger partial charge in [0.1, 0.15) is 5.75 Å². The molecule has 0 aliphatic heterocycles. The van der Waals surface area contributed by atoms with Crippen LogP contribution in [0.1, 0.15) is 27.6 Å². The molecule has 0 radical (unpaired) electrons. The molecule has 0 atom stereocenters. The molecule has 0 spiro atoms. The van der Waals surface area contributed by atoms with Gasteiger partial charge >= 0.3 is 0 Å². The Kier molecular flexibility index (Phi) is 1.74. The van der Waals surface area contributed by atoms with Crippen molar-refractivity contribution in [1.82, 2.24) is 0 Å². The van der Waals surface area contributed by atoms with Crippen LogP contribution in [0, 0.1) is 0 Å². The summed E-state index contributed by atoms with van der Waals surface area (Å²) in [6.45, 7) is 1.61. The van der Waals surface area contributed by atoms with E-state index in [0.717, 1.165) is 0 Å². The van der Waals surface area contributed by atoms with Gasteiger partial charge in [-0.05, 0) is 31.2 Å². The Hall–Kier alpha value is -1.90. The molecule has 14 heavy (non-hydrogen) atoms. The number of benzene rings is 1. The second kappa shape index (κ2) is 2.80. The molecule has 0 amide bonds. The first-order valence-electron chi connectivity index (χ1n) is 4.20. The van der Waals surface area contributed by atoms with E-state index in [1.807, 2.05) is 0 Å². The highest BCUT2D eigenvalue weighted by atomic mass is 16.3. The van der Waals surface area contributed by atoms with Gasteiger partial charge < -0.3 is 5.11 Å². The molecule has 1 N–H and O–H groups in total. The maximum absolute atomic E-state index is 11.6. The van der Waals surface area contributed by atoms with Crippen molar-refractivity contribution in [1.29, 1.82) is 0 Å². The van der Waals surface area contributed by atoms with Crippen LogP contribution in [-0.2, 0) is 0 Å². The quantitative estimate of drug-likeness (QED) is 0.674. The molecular formula is C11H8O3. The zero-order valence-corrected chi connectivity index (χ0v) is 7.57. The summed E-state index contributed by atoms with van der Waals surface area (Å²) in [6.07, 6.45) is 1.30. The van der Waals surface area contributed by atoms with Crippen molar-refractivity contribution < 1.29 is 14.7 Å². The molecule has 2 rings (SSSR count). The maximum Gasteiger partial charge on any atom is 0.189 e. The molecule has 0 unspecified atom stereocenters. The van der Waals surface area contributed by atoms with Gasteiger partial charge in [0.05, 0.1) is 0 Å². The predicted octanol–water partition coefficient (Wildman–Crippen LogP) is 1.72. The molecular weight excluding hydrogens is 180 g/mol. The predicted molar refractivity (Wildman–Crippen MR) is 50.5 cm³/mol. The van der Waals surface area contributed by atoms with Gasteiger partial charge in [0.15, 0.2) is 11.6 Å². The molecule has 3 nitrogen and oxygen atoms in total. The molecule has 1 aliphatic rings. The van der Waals surface area contributed by atoms with E-state index in [1.54, 1.807) is 6.92 Å². The summed E-state index contributed by atoms with van der Waals surface area (Å²) in [7, 11) is 0.